The number of allylic oxidation sites excluding steroid dienone is 1. The normalized spacial score (nSPS) is 18.2. The molecule has 0 bridgehead atoms. The van der Waals surface area contributed by atoms with Crippen LogP contribution >= 0.6 is 0 Å². The van der Waals surface area contributed by atoms with Crippen LogP contribution in [-0.2, 0) is 0 Å². The lowest BCUT2D eigenvalue weighted by Gasteiger charge is -2.03. The highest BCUT2D eigenvalue weighted by Crippen LogP contribution is 1.91. The highest BCUT2D eigenvalue weighted by atomic mass is 16.5. The zero-order valence-corrected chi connectivity index (χ0v) is 3.51. The van der Waals surface area contributed by atoms with Crippen LogP contribution in [0.1, 0.15) is 6.92 Å². The second kappa shape index (κ2) is 0.834. The molecule has 0 unspecified atom stereocenters. The number of rotatable bonds is 0. The van der Waals surface area contributed by atoms with Crippen molar-refractivity contribution in [2.45, 2.75) is 6.92 Å². The summed E-state index contributed by atoms with van der Waals surface area (Å²) in [5, 5.41) is 10.0. The topological polar surface area (TPSA) is 26.1 Å². The smallest absolute Gasteiger partial charge is 0.195 e. The summed E-state index contributed by atoms with van der Waals surface area (Å²) in [6.45, 7) is 1.77. The monoisotopic (exact) mass is 83.0 g/mol. The first-order valence-electron chi connectivity index (χ1n) is 1.79. The average Bonchev–Trinajstić information content (AvgIpc) is 1.61. The van der Waals surface area contributed by atoms with Gasteiger partial charge in [0.05, 0.1) is 6.08 Å². The molecule has 2 nitrogen and oxygen atoms in total. The number of hydrogen-bond donors (Lipinski definition) is 0. The molecule has 1 aliphatic heterocycles. The van der Waals surface area contributed by atoms with E-state index in [0.29, 0.717) is 0 Å². The number of hydrogen-bond acceptors (Lipinski definition) is 1. The molecule has 0 spiro atoms. The predicted molar refractivity (Wildman–Crippen MR) is 23.4 cm³/mol. The zero-order chi connectivity index (χ0) is 4.57. The van der Waals surface area contributed by atoms with Crippen molar-refractivity contribution in [3.05, 3.63) is 17.5 Å². The molecular formula is C4H5NO. The minimum Gasteiger partial charge on any atom is -0.619 e. The lowest BCUT2D eigenvalue weighted by atomic mass is 10.3. The van der Waals surface area contributed by atoms with Gasteiger partial charge in [-0.1, -0.05) is 0 Å². The molecule has 0 fully saturated rings. The lowest BCUT2D eigenvalue weighted by molar-refractivity contribution is -0.389. The van der Waals surface area contributed by atoms with Crippen LogP contribution in [-0.4, -0.2) is 10.5 Å². The predicted octanol–water partition coefficient (Wildman–Crippen LogP) is 0.485. The highest BCUT2D eigenvalue weighted by Gasteiger charge is 2.03. The van der Waals surface area contributed by atoms with E-state index in [1.165, 1.54) is 6.20 Å². The van der Waals surface area contributed by atoms with Gasteiger partial charge in [-0.15, -0.1) is 0 Å². The van der Waals surface area contributed by atoms with Crippen LogP contribution in [0.4, 0.5) is 0 Å². The maximum Gasteiger partial charge on any atom is 0.195 e. The molecule has 0 aromatic heterocycles. The van der Waals surface area contributed by atoms with Gasteiger partial charge in [0.25, 0.3) is 0 Å². The van der Waals surface area contributed by atoms with Crippen molar-refractivity contribution >= 4 is 5.71 Å². The quantitative estimate of drug-likeness (QED) is 0.309. The Bertz CT molecular complexity index is 110. The molecule has 6 heavy (non-hydrogen) atoms. The summed E-state index contributed by atoms with van der Waals surface area (Å²) in [5.74, 6) is 0. The van der Waals surface area contributed by atoms with E-state index in [0.717, 1.165) is 10.5 Å². The summed E-state index contributed by atoms with van der Waals surface area (Å²) in [6, 6.07) is 0. The van der Waals surface area contributed by atoms with E-state index in [2.05, 4.69) is 0 Å². The summed E-state index contributed by atoms with van der Waals surface area (Å²) in [5.41, 5.74) is 0.787. The molecule has 0 aromatic rings. The third-order valence-electron chi connectivity index (χ3n) is 0.799. The Morgan fingerprint density at radius 3 is 2.33 bits per heavy atom. The molecule has 1 rings (SSSR count). The minimum absolute atomic E-state index is 0.787. The van der Waals surface area contributed by atoms with Gasteiger partial charge in [-0.2, -0.15) is 4.74 Å². The Kier molecular flexibility index (Phi) is 0.473. The molecule has 0 N–H and O–H groups in total. The summed E-state index contributed by atoms with van der Waals surface area (Å²) in [6.07, 6.45) is 3.25. The molecule has 0 radical (unpaired) electrons. The van der Waals surface area contributed by atoms with E-state index in [4.69, 9.17) is 0 Å². The first-order valence-corrected chi connectivity index (χ1v) is 1.79. The molecule has 0 atom stereocenters. The van der Waals surface area contributed by atoms with Gasteiger partial charge in [-0.3, -0.25) is 0 Å². The van der Waals surface area contributed by atoms with E-state index in [1.54, 1.807) is 13.0 Å². The van der Waals surface area contributed by atoms with E-state index in [-0.39, 0.29) is 0 Å². The van der Waals surface area contributed by atoms with Crippen LogP contribution in [0, 0.1) is 5.21 Å². The second-order valence-corrected chi connectivity index (χ2v) is 1.28. The van der Waals surface area contributed by atoms with Crippen molar-refractivity contribution < 1.29 is 4.74 Å². The van der Waals surface area contributed by atoms with Crippen molar-refractivity contribution in [2.24, 2.45) is 0 Å². The van der Waals surface area contributed by atoms with Crippen molar-refractivity contribution in [3.63, 3.8) is 0 Å². The van der Waals surface area contributed by atoms with Crippen molar-refractivity contribution in [3.8, 4) is 0 Å². The summed E-state index contributed by atoms with van der Waals surface area (Å²) >= 11 is 0. The number of hydroxylamine groups is 1. The molecule has 0 aliphatic carbocycles. The van der Waals surface area contributed by atoms with Gasteiger partial charge in [0.1, 0.15) is 0 Å². The SMILES string of the molecule is CC1=[N+]([O-])C=C1. The lowest BCUT2D eigenvalue weighted by Crippen LogP contribution is -2.11. The summed E-state index contributed by atoms with van der Waals surface area (Å²) in [4.78, 5) is 0. The van der Waals surface area contributed by atoms with Crippen LogP contribution in [0.2, 0.25) is 0 Å². The Morgan fingerprint density at radius 2 is 2.33 bits per heavy atom. The molecule has 32 valence electrons. The fourth-order valence-corrected chi connectivity index (χ4v) is 0.284. The maximum atomic E-state index is 10.0. The Labute approximate surface area is 36.0 Å². The fourth-order valence-electron chi connectivity index (χ4n) is 0.284. The number of nitrogens with zero attached hydrogens (tertiary/aromatic N) is 1. The van der Waals surface area contributed by atoms with Gasteiger partial charge < -0.3 is 5.21 Å². The highest BCUT2D eigenvalue weighted by molar-refractivity contribution is 5.91. The van der Waals surface area contributed by atoms with Crippen molar-refractivity contribution in [1.82, 2.24) is 0 Å². The molecule has 1 aliphatic rings. The Balaban J connectivity index is 2.71. The molecular weight excluding hydrogens is 78.0 g/mol. The Morgan fingerprint density at radius 1 is 1.83 bits per heavy atom. The second-order valence-electron chi connectivity index (χ2n) is 1.28. The van der Waals surface area contributed by atoms with Crippen LogP contribution in [0.15, 0.2) is 12.3 Å². The summed E-state index contributed by atoms with van der Waals surface area (Å²) < 4.78 is 0.833. The van der Waals surface area contributed by atoms with E-state index in [1.807, 2.05) is 0 Å². The molecule has 2 heteroatoms. The average molecular weight is 83.1 g/mol. The van der Waals surface area contributed by atoms with E-state index in [9.17, 15) is 5.21 Å². The largest absolute Gasteiger partial charge is 0.619 e. The fraction of sp³-hybridized carbons (Fsp3) is 0.250. The van der Waals surface area contributed by atoms with Crippen molar-refractivity contribution in [1.29, 1.82) is 0 Å². The van der Waals surface area contributed by atoms with Gasteiger partial charge in [0, 0.05) is 6.92 Å². The van der Waals surface area contributed by atoms with Crippen LogP contribution in [0.5, 0.6) is 0 Å². The van der Waals surface area contributed by atoms with E-state index >= 15 is 0 Å². The van der Waals surface area contributed by atoms with Crippen LogP contribution in [0.25, 0.3) is 0 Å². The zero-order valence-electron chi connectivity index (χ0n) is 3.51. The molecule has 1 heterocycles. The van der Waals surface area contributed by atoms with Crippen LogP contribution in [0.3, 0.4) is 0 Å². The standard InChI is InChI=1S/C4H5NO/c1-4-2-3-5(4)6/h2-3H,1H3. The van der Waals surface area contributed by atoms with Gasteiger partial charge in [-0.25, -0.2) is 0 Å². The molecule has 0 amide bonds. The third-order valence-corrected chi connectivity index (χ3v) is 0.799. The molecule has 0 saturated heterocycles. The van der Waals surface area contributed by atoms with E-state index < -0.39 is 0 Å². The van der Waals surface area contributed by atoms with Gasteiger partial charge >= 0.3 is 0 Å². The van der Waals surface area contributed by atoms with Crippen molar-refractivity contribution in [2.75, 3.05) is 0 Å². The molecule has 0 saturated carbocycles. The summed E-state index contributed by atoms with van der Waals surface area (Å²) in [7, 11) is 0. The Hall–Kier alpha value is -0.790. The first kappa shape index (κ1) is 3.40. The maximum absolute atomic E-state index is 10.0. The van der Waals surface area contributed by atoms with Gasteiger partial charge in [0.2, 0.25) is 0 Å². The minimum atomic E-state index is 0.787. The molecule has 0 aromatic carbocycles. The van der Waals surface area contributed by atoms with Crippen LogP contribution < -0.4 is 0 Å². The van der Waals surface area contributed by atoms with Gasteiger partial charge in [-0.05, 0) is 0 Å². The van der Waals surface area contributed by atoms with Gasteiger partial charge in [0.15, 0.2) is 11.9 Å². The third kappa shape index (κ3) is 0.233. The first-order chi connectivity index (χ1) is 2.80.